The normalized spacial score (nSPS) is 26.1. The van der Waals surface area contributed by atoms with Crippen LogP contribution >= 0.6 is 11.8 Å². The van der Waals surface area contributed by atoms with Crippen molar-refractivity contribution in [3.05, 3.63) is 0 Å². The molecule has 0 aromatic carbocycles. The molecule has 1 saturated carbocycles. The van der Waals surface area contributed by atoms with Crippen LogP contribution in [0.3, 0.4) is 0 Å². The van der Waals surface area contributed by atoms with E-state index in [0.29, 0.717) is 5.25 Å². The van der Waals surface area contributed by atoms with E-state index in [1.54, 1.807) is 0 Å². The third-order valence-electron chi connectivity index (χ3n) is 2.39. The summed E-state index contributed by atoms with van der Waals surface area (Å²) in [5.41, 5.74) is 0. The van der Waals surface area contributed by atoms with Crippen LogP contribution in [0.4, 0.5) is 0 Å². The second-order valence-electron chi connectivity index (χ2n) is 3.51. The quantitative estimate of drug-likeness (QED) is 0.685. The molecular weight excluding hydrogens is 202 g/mol. The van der Waals surface area contributed by atoms with Gasteiger partial charge in [0.1, 0.15) is 6.42 Å². The average molecular weight is 217 g/mol. The molecule has 1 aliphatic carbocycles. The molecular formula is C9H15NO3S. The van der Waals surface area contributed by atoms with Gasteiger partial charge in [-0.05, 0) is 25.5 Å². The Labute approximate surface area is 87.4 Å². The van der Waals surface area contributed by atoms with Gasteiger partial charge in [-0.1, -0.05) is 0 Å². The maximum atomic E-state index is 11.1. The largest absolute Gasteiger partial charge is 0.481 e. The van der Waals surface area contributed by atoms with Crippen molar-refractivity contribution in [2.75, 3.05) is 6.26 Å². The lowest BCUT2D eigenvalue weighted by atomic mass is 10.2. The molecule has 0 spiro atoms. The smallest absolute Gasteiger partial charge is 0.312 e. The lowest BCUT2D eigenvalue weighted by molar-refractivity contribution is -0.140. The summed E-state index contributed by atoms with van der Waals surface area (Å²) >= 11 is 1.81. The third-order valence-corrected chi connectivity index (χ3v) is 3.49. The van der Waals surface area contributed by atoms with Crippen molar-refractivity contribution in [1.29, 1.82) is 0 Å². The van der Waals surface area contributed by atoms with Gasteiger partial charge in [0.2, 0.25) is 5.91 Å². The number of carbonyl (C=O) groups excluding carboxylic acids is 1. The summed E-state index contributed by atoms with van der Waals surface area (Å²) in [5, 5.41) is 11.7. The number of aliphatic carboxylic acids is 1. The van der Waals surface area contributed by atoms with Crippen LogP contribution in [0.25, 0.3) is 0 Å². The highest BCUT2D eigenvalue weighted by Crippen LogP contribution is 2.28. The molecule has 0 radical (unpaired) electrons. The fourth-order valence-electron chi connectivity index (χ4n) is 1.70. The van der Waals surface area contributed by atoms with Crippen LogP contribution in [0.15, 0.2) is 0 Å². The van der Waals surface area contributed by atoms with Crippen molar-refractivity contribution >= 4 is 23.6 Å². The molecule has 14 heavy (non-hydrogen) atoms. The number of hydrogen-bond acceptors (Lipinski definition) is 3. The van der Waals surface area contributed by atoms with Crippen LogP contribution in [-0.2, 0) is 9.59 Å². The van der Waals surface area contributed by atoms with Crippen molar-refractivity contribution in [2.45, 2.75) is 37.0 Å². The molecule has 0 aromatic heterocycles. The number of hydrogen-bond donors (Lipinski definition) is 2. The van der Waals surface area contributed by atoms with E-state index in [4.69, 9.17) is 5.11 Å². The van der Waals surface area contributed by atoms with Crippen LogP contribution in [0.2, 0.25) is 0 Å². The van der Waals surface area contributed by atoms with Gasteiger partial charge in [0, 0.05) is 11.3 Å². The lowest BCUT2D eigenvalue weighted by Crippen LogP contribution is -2.34. The lowest BCUT2D eigenvalue weighted by Gasteiger charge is -2.11. The van der Waals surface area contributed by atoms with E-state index in [1.165, 1.54) is 0 Å². The molecule has 2 atom stereocenters. The van der Waals surface area contributed by atoms with E-state index in [1.807, 2.05) is 11.8 Å². The van der Waals surface area contributed by atoms with Crippen molar-refractivity contribution in [2.24, 2.45) is 0 Å². The fourth-order valence-corrected chi connectivity index (χ4v) is 2.50. The topological polar surface area (TPSA) is 66.4 Å². The zero-order chi connectivity index (χ0) is 10.6. The Bertz CT molecular complexity index is 232. The van der Waals surface area contributed by atoms with Crippen LogP contribution < -0.4 is 5.32 Å². The summed E-state index contributed by atoms with van der Waals surface area (Å²) in [6.45, 7) is 0. The Morgan fingerprint density at radius 2 is 2.21 bits per heavy atom. The van der Waals surface area contributed by atoms with E-state index in [0.717, 1.165) is 19.3 Å². The van der Waals surface area contributed by atoms with E-state index < -0.39 is 12.4 Å². The highest BCUT2D eigenvalue weighted by Gasteiger charge is 2.25. The molecule has 1 rings (SSSR count). The number of carboxylic acids is 1. The molecule has 2 unspecified atom stereocenters. The molecule has 0 aliphatic heterocycles. The molecule has 0 aromatic rings. The first-order valence-corrected chi connectivity index (χ1v) is 5.94. The molecule has 1 aliphatic rings. The monoisotopic (exact) mass is 217 g/mol. The molecule has 0 saturated heterocycles. The second kappa shape index (κ2) is 5.24. The molecule has 2 N–H and O–H groups in total. The van der Waals surface area contributed by atoms with Gasteiger partial charge in [0.25, 0.3) is 0 Å². The Hall–Kier alpha value is -0.710. The summed E-state index contributed by atoms with van der Waals surface area (Å²) in [7, 11) is 0. The van der Waals surface area contributed by atoms with Crippen molar-refractivity contribution in [1.82, 2.24) is 5.32 Å². The summed E-state index contributed by atoms with van der Waals surface area (Å²) < 4.78 is 0. The predicted octanol–water partition coefficient (Wildman–Crippen LogP) is 0.861. The van der Waals surface area contributed by atoms with E-state index >= 15 is 0 Å². The summed E-state index contributed by atoms with van der Waals surface area (Å²) in [5.74, 6) is -1.44. The first-order valence-electron chi connectivity index (χ1n) is 4.65. The maximum absolute atomic E-state index is 11.1. The summed E-state index contributed by atoms with van der Waals surface area (Å²) in [4.78, 5) is 21.3. The molecule has 80 valence electrons. The number of thioether (sulfide) groups is 1. The van der Waals surface area contributed by atoms with Gasteiger partial charge in [-0.2, -0.15) is 11.8 Å². The highest BCUT2D eigenvalue weighted by atomic mass is 32.2. The first-order chi connectivity index (χ1) is 6.61. The Kier molecular flexibility index (Phi) is 4.25. The van der Waals surface area contributed by atoms with E-state index in [2.05, 4.69) is 11.6 Å². The molecule has 0 heterocycles. The zero-order valence-electron chi connectivity index (χ0n) is 8.16. The van der Waals surface area contributed by atoms with Gasteiger partial charge in [-0.25, -0.2) is 0 Å². The minimum atomic E-state index is -1.07. The van der Waals surface area contributed by atoms with Gasteiger partial charge >= 0.3 is 5.97 Å². The molecule has 1 fully saturated rings. The summed E-state index contributed by atoms with van der Waals surface area (Å²) in [6, 6.07) is 0.180. The number of carboxylic acid groups (broad SMARTS) is 1. The van der Waals surface area contributed by atoms with Gasteiger partial charge in [-0.3, -0.25) is 9.59 Å². The van der Waals surface area contributed by atoms with Crippen LogP contribution in [-0.4, -0.2) is 34.5 Å². The SMILES string of the molecule is CSC1CCC(NC(=O)CC(=O)O)C1. The number of carbonyl (C=O) groups is 2. The zero-order valence-corrected chi connectivity index (χ0v) is 8.97. The standard InChI is InChI=1S/C9H15NO3S/c1-14-7-3-2-6(4-7)10-8(11)5-9(12)13/h6-7H,2-5H2,1H3,(H,10,11)(H,12,13). The van der Waals surface area contributed by atoms with E-state index in [-0.39, 0.29) is 11.9 Å². The van der Waals surface area contributed by atoms with E-state index in [9.17, 15) is 9.59 Å². The Balaban J connectivity index is 2.25. The number of nitrogens with one attached hydrogen (secondary N) is 1. The first kappa shape index (κ1) is 11.4. The van der Waals surface area contributed by atoms with Gasteiger partial charge in [0.15, 0.2) is 0 Å². The van der Waals surface area contributed by atoms with Gasteiger partial charge in [-0.15, -0.1) is 0 Å². The molecule has 5 heteroatoms. The fraction of sp³-hybridized carbons (Fsp3) is 0.778. The average Bonchev–Trinajstić information content (AvgIpc) is 2.50. The predicted molar refractivity (Wildman–Crippen MR) is 55.3 cm³/mol. The minimum absolute atomic E-state index is 0.180. The highest BCUT2D eigenvalue weighted by molar-refractivity contribution is 7.99. The number of rotatable bonds is 4. The van der Waals surface area contributed by atoms with Crippen LogP contribution in [0.5, 0.6) is 0 Å². The van der Waals surface area contributed by atoms with Crippen molar-refractivity contribution in [3.8, 4) is 0 Å². The van der Waals surface area contributed by atoms with Gasteiger partial charge in [0.05, 0.1) is 0 Å². The van der Waals surface area contributed by atoms with Crippen LogP contribution in [0, 0.1) is 0 Å². The maximum Gasteiger partial charge on any atom is 0.312 e. The van der Waals surface area contributed by atoms with Crippen molar-refractivity contribution < 1.29 is 14.7 Å². The van der Waals surface area contributed by atoms with Gasteiger partial charge < -0.3 is 10.4 Å². The second-order valence-corrected chi connectivity index (χ2v) is 4.64. The summed E-state index contributed by atoms with van der Waals surface area (Å²) in [6.07, 6.45) is 4.69. The van der Waals surface area contributed by atoms with Crippen molar-refractivity contribution in [3.63, 3.8) is 0 Å². The number of amides is 1. The molecule has 4 nitrogen and oxygen atoms in total. The Morgan fingerprint density at radius 3 is 2.71 bits per heavy atom. The Morgan fingerprint density at radius 1 is 1.50 bits per heavy atom. The molecule has 0 bridgehead atoms. The molecule has 1 amide bonds. The minimum Gasteiger partial charge on any atom is -0.481 e. The van der Waals surface area contributed by atoms with Crippen LogP contribution in [0.1, 0.15) is 25.7 Å². The third kappa shape index (κ3) is 3.57.